The van der Waals surface area contributed by atoms with Crippen molar-refractivity contribution in [3.8, 4) is 0 Å². The van der Waals surface area contributed by atoms with E-state index in [1.807, 2.05) is 23.1 Å². The maximum Gasteiger partial charge on any atom is 0.263 e. The van der Waals surface area contributed by atoms with Gasteiger partial charge in [-0.2, -0.15) is 0 Å². The van der Waals surface area contributed by atoms with Crippen molar-refractivity contribution in [1.29, 1.82) is 0 Å². The van der Waals surface area contributed by atoms with Crippen LogP contribution in [-0.2, 0) is 0 Å². The fourth-order valence-electron chi connectivity index (χ4n) is 4.20. The van der Waals surface area contributed by atoms with E-state index in [1.165, 1.54) is 16.0 Å². The Kier molecular flexibility index (Phi) is 3.61. The molecular weight excluding hydrogens is 320 g/mol. The maximum absolute atomic E-state index is 12.9. The summed E-state index contributed by atoms with van der Waals surface area (Å²) in [6.45, 7) is 2.74. The van der Waals surface area contributed by atoms with Crippen LogP contribution in [0.25, 0.3) is 16.3 Å². The molecule has 128 valence electrons. The second-order valence-corrected chi connectivity index (χ2v) is 7.12. The molecule has 1 atom stereocenters. The molecule has 2 heterocycles. The lowest BCUT2D eigenvalue weighted by Gasteiger charge is -2.28. The lowest BCUT2D eigenvalue weighted by Crippen LogP contribution is -3.14. The molecule has 1 amide bonds. The van der Waals surface area contributed by atoms with Crippen molar-refractivity contribution in [3.05, 3.63) is 83.9 Å². The Hall–Kier alpha value is -2.91. The molecule has 2 aliphatic rings. The van der Waals surface area contributed by atoms with Crippen LogP contribution in [0.5, 0.6) is 0 Å². The average Bonchev–Trinajstić information content (AvgIpc) is 2.97. The van der Waals surface area contributed by atoms with E-state index in [0.29, 0.717) is 0 Å². The zero-order valence-electron chi connectivity index (χ0n) is 14.6. The largest absolute Gasteiger partial charge is 0.314 e. The van der Waals surface area contributed by atoms with E-state index >= 15 is 0 Å². The fourth-order valence-corrected chi connectivity index (χ4v) is 4.20. The van der Waals surface area contributed by atoms with Gasteiger partial charge < -0.3 is 4.90 Å². The number of carbonyl (C=O) groups is 1. The van der Waals surface area contributed by atoms with E-state index in [0.717, 1.165) is 48.2 Å². The Morgan fingerprint density at radius 1 is 0.923 bits per heavy atom. The van der Waals surface area contributed by atoms with Crippen LogP contribution < -0.4 is 9.80 Å². The number of hydrogen-bond donors (Lipinski definition) is 1. The highest BCUT2D eigenvalue weighted by Gasteiger charge is 2.32. The molecule has 1 N–H and O–H groups in total. The number of benzene rings is 3. The smallest absolute Gasteiger partial charge is 0.263 e. The van der Waals surface area contributed by atoms with Crippen LogP contribution in [0, 0.1) is 0 Å². The molecular formula is C23H21N2O+. The summed E-state index contributed by atoms with van der Waals surface area (Å²) in [5.41, 5.74) is 4.65. The molecule has 0 radical (unpaired) electrons. The molecule has 1 unspecified atom stereocenters. The van der Waals surface area contributed by atoms with E-state index in [4.69, 9.17) is 0 Å². The summed E-state index contributed by atoms with van der Waals surface area (Å²) in [7, 11) is 0. The number of anilines is 1. The van der Waals surface area contributed by atoms with Crippen LogP contribution in [-0.4, -0.2) is 25.7 Å². The zero-order chi connectivity index (χ0) is 17.5. The molecule has 0 aliphatic carbocycles. The van der Waals surface area contributed by atoms with E-state index in [-0.39, 0.29) is 5.91 Å². The van der Waals surface area contributed by atoms with Gasteiger partial charge in [0.1, 0.15) is 0 Å². The van der Waals surface area contributed by atoms with E-state index in [9.17, 15) is 4.79 Å². The Balaban J connectivity index is 1.38. The number of carbonyl (C=O) groups excluding carboxylic acids is 1. The highest BCUT2D eigenvalue weighted by atomic mass is 16.2. The molecule has 0 bridgehead atoms. The molecule has 3 nitrogen and oxygen atoms in total. The van der Waals surface area contributed by atoms with Crippen LogP contribution in [0.2, 0.25) is 0 Å². The molecule has 3 aromatic rings. The van der Waals surface area contributed by atoms with Crippen LogP contribution in [0.3, 0.4) is 0 Å². The van der Waals surface area contributed by atoms with E-state index in [2.05, 4.69) is 54.6 Å². The van der Waals surface area contributed by atoms with Gasteiger partial charge >= 0.3 is 0 Å². The van der Waals surface area contributed by atoms with Gasteiger partial charge in [0.2, 0.25) is 0 Å². The molecule has 3 heteroatoms. The third-order valence-corrected chi connectivity index (χ3v) is 5.56. The fraction of sp³-hybridized carbons (Fsp3) is 0.174. The number of quaternary nitrogens is 1. The lowest BCUT2D eigenvalue weighted by atomic mass is 10.00. The molecule has 3 aromatic carbocycles. The van der Waals surface area contributed by atoms with E-state index < -0.39 is 0 Å². The van der Waals surface area contributed by atoms with Crippen LogP contribution in [0.1, 0.15) is 22.3 Å². The van der Waals surface area contributed by atoms with Crippen molar-refractivity contribution in [2.45, 2.75) is 6.42 Å². The van der Waals surface area contributed by atoms with Crippen LogP contribution in [0.15, 0.2) is 72.8 Å². The minimum Gasteiger partial charge on any atom is -0.314 e. The summed E-state index contributed by atoms with van der Waals surface area (Å²) in [5.74, 6) is 0.141. The Bertz CT molecular complexity index is 1020. The van der Waals surface area contributed by atoms with Crippen molar-refractivity contribution < 1.29 is 9.69 Å². The normalized spacial score (nSPS) is 19.1. The minimum atomic E-state index is 0.141. The van der Waals surface area contributed by atoms with Gasteiger partial charge in [-0.3, -0.25) is 9.69 Å². The number of hydrogen-bond acceptors (Lipinski definition) is 1. The first-order valence-corrected chi connectivity index (χ1v) is 9.23. The topological polar surface area (TPSA) is 24.8 Å². The predicted molar refractivity (Wildman–Crippen MR) is 105 cm³/mol. The van der Waals surface area contributed by atoms with Gasteiger partial charge in [0, 0.05) is 11.8 Å². The van der Waals surface area contributed by atoms with Gasteiger partial charge in [-0.1, -0.05) is 54.6 Å². The molecule has 0 saturated carbocycles. The first kappa shape index (κ1) is 15.4. The van der Waals surface area contributed by atoms with Gasteiger partial charge in [0.15, 0.2) is 6.67 Å². The minimum absolute atomic E-state index is 0.141. The summed E-state index contributed by atoms with van der Waals surface area (Å²) < 4.78 is 0. The molecule has 0 spiro atoms. The van der Waals surface area contributed by atoms with Crippen molar-refractivity contribution in [1.82, 2.24) is 0 Å². The summed E-state index contributed by atoms with van der Waals surface area (Å²) in [4.78, 5) is 16.3. The Morgan fingerprint density at radius 2 is 1.73 bits per heavy atom. The quantitative estimate of drug-likeness (QED) is 0.778. The third kappa shape index (κ3) is 2.44. The SMILES string of the molecule is O=C1c2cccc3cccc(c23)N1C[NH+]1CC=C(c2ccccc2)CC1. The lowest BCUT2D eigenvalue weighted by molar-refractivity contribution is -0.893. The summed E-state index contributed by atoms with van der Waals surface area (Å²) in [5, 5.41) is 2.26. The van der Waals surface area contributed by atoms with E-state index in [1.54, 1.807) is 0 Å². The Morgan fingerprint density at radius 3 is 2.50 bits per heavy atom. The number of amides is 1. The summed E-state index contributed by atoms with van der Waals surface area (Å²) in [6, 6.07) is 22.8. The highest BCUT2D eigenvalue weighted by molar-refractivity contribution is 6.24. The first-order valence-electron chi connectivity index (χ1n) is 9.23. The molecule has 26 heavy (non-hydrogen) atoms. The summed E-state index contributed by atoms with van der Waals surface area (Å²) in [6.07, 6.45) is 3.39. The van der Waals surface area contributed by atoms with Gasteiger partial charge in [-0.05, 0) is 34.7 Å². The van der Waals surface area contributed by atoms with Crippen LogP contribution >= 0.6 is 0 Å². The highest BCUT2D eigenvalue weighted by Crippen LogP contribution is 2.36. The third-order valence-electron chi connectivity index (χ3n) is 5.56. The van der Waals surface area contributed by atoms with Crippen LogP contribution in [0.4, 0.5) is 5.69 Å². The number of nitrogens with one attached hydrogen (secondary N) is 1. The second-order valence-electron chi connectivity index (χ2n) is 7.12. The van der Waals surface area contributed by atoms with Crippen molar-refractivity contribution in [2.24, 2.45) is 0 Å². The molecule has 0 saturated heterocycles. The number of nitrogens with zero attached hydrogens (tertiary/aromatic N) is 1. The maximum atomic E-state index is 12.9. The van der Waals surface area contributed by atoms with Crippen molar-refractivity contribution >= 4 is 27.9 Å². The van der Waals surface area contributed by atoms with Crippen molar-refractivity contribution in [3.63, 3.8) is 0 Å². The Labute approximate surface area is 153 Å². The zero-order valence-corrected chi connectivity index (χ0v) is 14.6. The molecule has 0 aromatic heterocycles. The molecule has 0 fully saturated rings. The van der Waals surface area contributed by atoms with Crippen molar-refractivity contribution in [2.75, 3.05) is 24.7 Å². The monoisotopic (exact) mass is 341 g/mol. The van der Waals surface area contributed by atoms with Gasteiger partial charge in [-0.15, -0.1) is 0 Å². The average molecular weight is 341 g/mol. The molecule has 2 aliphatic heterocycles. The number of rotatable bonds is 3. The van der Waals surface area contributed by atoms with Gasteiger partial charge in [0.05, 0.1) is 24.3 Å². The summed E-state index contributed by atoms with van der Waals surface area (Å²) >= 11 is 0. The predicted octanol–water partition coefficient (Wildman–Crippen LogP) is 3.13. The van der Waals surface area contributed by atoms with Gasteiger partial charge in [-0.25, -0.2) is 0 Å². The van der Waals surface area contributed by atoms with Gasteiger partial charge in [0.25, 0.3) is 5.91 Å². The molecule has 5 rings (SSSR count). The first-order chi connectivity index (χ1) is 12.8. The standard InChI is InChI=1S/C23H20N2O/c26-23-20-10-4-8-19-9-5-11-21(22(19)20)25(23)16-24-14-12-18(13-15-24)17-6-2-1-3-7-17/h1-12H,13-16H2/p+1. The second kappa shape index (κ2) is 6.11.